The quantitative estimate of drug-likeness (QED) is 0.707. The highest BCUT2D eigenvalue weighted by atomic mass is 35.5. The van der Waals surface area contributed by atoms with Gasteiger partial charge in [-0.25, -0.2) is 8.42 Å². The first-order valence-corrected chi connectivity index (χ1v) is 9.01. The van der Waals surface area contributed by atoms with E-state index in [1.54, 1.807) is 0 Å². The number of hydrogen-bond donors (Lipinski definition) is 2. The number of nitrogens with zero attached hydrogens (tertiary/aromatic N) is 1. The van der Waals surface area contributed by atoms with Crippen LogP contribution < -0.4 is 10.6 Å². The molecule has 0 aromatic carbocycles. The Morgan fingerprint density at radius 2 is 1.91 bits per heavy atom. The predicted octanol–water partition coefficient (Wildman–Crippen LogP) is -0.205. The van der Waals surface area contributed by atoms with Crippen molar-refractivity contribution in [3.8, 4) is 0 Å². The summed E-state index contributed by atoms with van der Waals surface area (Å²) in [6, 6.07) is -1.74. The molecule has 0 bridgehead atoms. The molecule has 2 rings (SSSR count). The normalized spacial score (nSPS) is 26.3. The first-order valence-electron chi connectivity index (χ1n) is 7.19. The molecule has 0 spiro atoms. The second-order valence-corrected chi connectivity index (χ2v) is 7.92. The molecule has 0 aliphatic carbocycles. The number of hydrogen-bond acceptors (Lipinski definition) is 5. The van der Waals surface area contributed by atoms with E-state index >= 15 is 0 Å². The molecule has 0 aromatic heterocycles. The summed E-state index contributed by atoms with van der Waals surface area (Å²) >= 11 is 0. The summed E-state index contributed by atoms with van der Waals surface area (Å²) in [7, 11) is -3.23. The van der Waals surface area contributed by atoms with Crippen molar-refractivity contribution < 1.29 is 26.4 Å². The highest BCUT2D eigenvalue weighted by molar-refractivity contribution is 7.91. The van der Waals surface area contributed by atoms with Crippen LogP contribution >= 0.6 is 12.4 Å². The number of piperazine rings is 1. The molecule has 2 heterocycles. The Balaban J connectivity index is 0.00000264. The monoisotopic (exact) mass is 379 g/mol. The SMILES string of the molecule is Cl.O=C(NCC(N1CCNCC1)C(F)(F)F)C1CCS(=O)(=O)C1. The minimum atomic E-state index is -4.44. The van der Waals surface area contributed by atoms with Gasteiger partial charge in [0.2, 0.25) is 5.91 Å². The van der Waals surface area contributed by atoms with Crippen molar-refractivity contribution in [2.45, 2.75) is 18.6 Å². The molecule has 0 aromatic rings. The van der Waals surface area contributed by atoms with Gasteiger partial charge < -0.3 is 10.6 Å². The summed E-state index contributed by atoms with van der Waals surface area (Å²) < 4.78 is 62.1. The van der Waals surface area contributed by atoms with Gasteiger partial charge in [-0.15, -0.1) is 12.4 Å². The van der Waals surface area contributed by atoms with Crippen molar-refractivity contribution in [1.29, 1.82) is 0 Å². The summed E-state index contributed by atoms with van der Waals surface area (Å²) in [5.41, 5.74) is 0. The van der Waals surface area contributed by atoms with Crippen LogP contribution in [0.2, 0.25) is 0 Å². The third-order valence-corrected chi connectivity index (χ3v) is 5.81. The van der Waals surface area contributed by atoms with Crippen LogP contribution in [0.5, 0.6) is 0 Å². The first-order chi connectivity index (χ1) is 10.2. The van der Waals surface area contributed by atoms with Crippen molar-refractivity contribution in [2.75, 3.05) is 44.2 Å². The van der Waals surface area contributed by atoms with E-state index in [4.69, 9.17) is 0 Å². The molecule has 23 heavy (non-hydrogen) atoms. The number of halogens is 4. The van der Waals surface area contributed by atoms with Crippen LogP contribution in [-0.2, 0) is 14.6 Å². The fourth-order valence-corrected chi connectivity index (χ4v) is 4.53. The van der Waals surface area contributed by atoms with Gasteiger partial charge in [0.15, 0.2) is 9.84 Å². The number of carbonyl (C=O) groups excluding carboxylic acids is 1. The molecule has 11 heteroatoms. The summed E-state index contributed by atoms with van der Waals surface area (Å²) in [6.07, 6.45) is -4.26. The van der Waals surface area contributed by atoms with E-state index in [2.05, 4.69) is 10.6 Å². The van der Waals surface area contributed by atoms with Crippen LogP contribution in [0.15, 0.2) is 0 Å². The van der Waals surface area contributed by atoms with Crippen molar-refractivity contribution >= 4 is 28.2 Å². The smallest absolute Gasteiger partial charge is 0.354 e. The van der Waals surface area contributed by atoms with Gasteiger partial charge in [-0.2, -0.15) is 13.2 Å². The van der Waals surface area contributed by atoms with Crippen LogP contribution in [0.25, 0.3) is 0 Å². The molecular formula is C12H21ClF3N3O3S. The lowest BCUT2D eigenvalue weighted by atomic mass is 10.1. The van der Waals surface area contributed by atoms with Crippen molar-refractivity contribution in [2.24, 2.45) is 5.92 Å². The van der Waals surface area contributed by atoms with Crippen molar-refractivity contribution in [3.05, 3.63) is 0 Å². The maximum Gasteiger partial charge on any atom is 0.405 e. The van der Waals surface area contributed by atoms with E-state index < -0.39 is 40.4 Å². The summed E-state index contributed by atoms with van der Waals surface area (Å²) in [6.45, 7) is 0.928. The maximum atomic E-state index is 13.1. The van der Waals surface area contributed by atoms with E-state index in [1.807, 2.05) is 0 Å². The average Bonchev–Trinajstić information content (AvgIpc) is 2.79. The van der Waals surface area contributed by atoms with Gasteiger partial charge in [0.05, 0.1) is 17.4 Å². The topological polar surface area (TPSA) is 78.5 Å². The average molecular weight is 380 g/mol. The second-order valence-electron chi connectivity index (χ2n) is 5.69. The minimum Gasteiger partial charge on any atom is -0.354 e. The van der Waals surface area contributed by atoms with Crippen LogP contribution in [-0.4, -0.2) is 75.7 Å². The van der Waals surface area contributed by atoms with E-state index in [-0.39, 0.29) is 43.4 Å². The summed E-state index contributed by atoms with van der Waals surface area (Å²) in [5.74, 6) is -1.69. The Kier molecular flexibility index (Phi) is 7.12. The summed E-state index contributed by atoms with van der Waals surface area (Å²) in [4.78, 5) is 13.2. The van der Waals surface area contributed by atoms with Crippen LogP contribution in [0, 0.1) is 5.92 Å². The van der Waals surface area contributed by atoms with Crippen LogP contribution in [0.4, 0.5) is 13.2 Å². The Morgan fingerprint density at radius 3 is 2.39 bits per heavy atom. The molecule has 1 amide bonds. The Hall–Kier alpha value is -0.580. The van der Waals surface area contributed by atoms with Gasteiger partial charge in [-0.3, -0.25) is 9.69 Å². The number of amides is 1. The first kappa shape index (κ1) is 20.5. The number of alkyl halides is 3. The third kappa shape index (κ3) is 5.77. The molecule has 0 radical (unpaired) electrons. The molecule has 2 aliphatic rings. The zero-order valence-corrected chi connectivity index (χ0v) is 14.1. The zero-order valence-electron chi connectivity index (χ0n) is 12.4. The number of rotatable bonds is 4. The molecule has 6 nitrogen and oxygen atoms in total. The highest BCUT2D eigenvalue weighted by Gasteiger charge is 2.44. The van der Waals surface area contributed by atoms with E-state index in [9.17, 15) is 26.4 Å². The third-order valence-electron chi connectivity index (χ3n) is 4.04. The van der Waals surface area contributed by atoms with Crippen molar-refractivity contribution in [1.82, 2.24) is 15.5 Å². The fourth-order valence-electron chi connectivity index (χ4n) is 2.79. The van der Waals surface area contributed by atoms with Gasteiger partial charge >= 0.3 is 6.18 Å². The van der Waals surface area contributed by atoms with E-state index in [1.165, 1.54) is 4.90 Å². The molecule has 2 unspecified atom stereocenters. The Labute approximate surface area is 139 Å². The number of nitrogens with one attached hydrogen (secondary N) is 2. The van der Waals surface area contributed by atoms with Gasteiger partial charge in [0, 0.05) is 32.7 Å². The standard InChI is InChI=1S/C12H20F3N3O3S.ClH/c13-12(14,15)10(18-4-2-16-3-5-18)7-17-11(19)9-1-6-22(20,21)8-9;/h9-10,16H,1-8H2,(H,17,19);1H. The molecule has 2 aliphatic heterocycles. The minimum absolute atomic E-state index is 0. The largest absolute Gasteiger partial charge is 0.405 e. The lowest BCUT2D eigenvalue weighted by molar-refractivity contribution is -0.184. The van der Waals surface area contributed by atoms with E-state index in [0.717, 1.165) is 0 Å². The fraction of sp³-hybridized carbons (Fsp3) is 0.917. The predicted molar refractivity (Wildman–Crippen MR) is 81.3 cm³/mol. The number of carbonyl (C=O) groups is 1. The maximum absolute atomic E-state index is 13.1. The second kappa shape index (κ2) is 8.00. The molecule has 2 saturated heterocycles. The Morgan fingerprint density at radius 1 is 1.30 bits per heavy atom. The molecule has 2 atom stereocenters. The van der Waals surface area contributed by atoms with Crippen molar-refractivity contribution in [3.63, 3.8) is 0 Å². The zero-order chi connectivity index (χ0) is 16.4. The van der Waals surface area contributed by atoms with Gasteiger partial charge in [0.25, 0.3) is 0 Å². The van der Waals surface area contributed by atoms with Gasteiger partial charge in [-0.1, -0.05) is 0 Å². The molecule has 2 fully saturated rings. The molecule has 136 valence electrons. The molecule has 0 saturated carbocycles. The molecular weight excluding hydrogens is 359 g/mol. The van der Waals surface area contributed by atoms with Crippen LogP contribution in [0.1, 0.15) is 6.42 Å². The number of sulfone groups is 1. The van der Waals surface area contributed by atoms with Crippen LogP contribution in [0.3, 0.4) is 0 Å². The molecule has 2 N–H and O–H groups in total. The van der Waals surface area contributed by atoms with Gasteiger partial charge in [-0.05, 0) is 6.42 Å². The lowest BCUT2D eigenvalue weighted by Gasteiger charge is -2.36. The highest BCUT2D eigenvalue weighted by Crippen LogP contribution is 2.25. The van der Waals surface area contributed by atoms with Gasteiger partial charge in [0.1, 0.15) is 6.04 Å². The Bertz CT molecular complexity index is 509. The lowest BCUT2D eigenvalue weighted by Crippen LogP contribution is -2.57. The van der Waals surface area contributed by atoms with E-state index in [0.29, 0.717) is 13.1 Å². The summed E-state index contributed by atoms with van der Waals surface area (Å²) in [5, 5.41) is 5.26.